The number of nitrogen functional groups attached to an aromatic ring is 1. The fraction of sp³-hybridized carbons (Fsp3) is 0.0714. The van der Waals surface area contributed by atoms with Crippen LogP contribution in [-0.4, -0.2) is 17.4 Å². The number of benzene rings is 2. The minimum absolute atomic E-state index is 0.0400. The number of rotatable bonds is 3. The molecule has 0 saturated carbocycles. The van der Waals surface area contributed by atoms with E-state index in [9.17, 15) is 18.0 Å². The van der Waals surface area contributed by atoms with Crippen molar-refractivity contribution in [1.82, 2.24) is 0 Å². The quantitative estimate of drug-likeness (QED) is 0.850. The van der Waals surface area contributed by atoms with Crippen molar-refractivity contribution < 1.29 is 27.8 Å². The van der Waals surface area contributed by atoms with Gasteiger partial charge in [0.1, 0.15) is 5.75 Å². The largest absolute Gasteiger partial charge is 0.573 e. The highest BCUT2D eigenvalue weighted by Gasteiger charge is 2.32. The van der Waals surface area contributed by atoms with E-state index in [-0.39, 0.29) is 22.6 Å². The molecule has 0 radical (unpaired) electrons. The van der Waals surface area contributed by atoms with Crippen LogP contribution in [0.5, 0.6) is 5.75 Å². The molecule has 0 heterocycles. The van der Waals surface area contributed by atoms with E-state index in [2.05, 4.69) is 4.74 Å². The van der Waals surface area contributed by atoms with E-state index < -0.39 is 12.3 Å². The van der Waals surface area contributed by atoms with E-state index in [4.69, 9.17) is 10.8 Å². The molecule has 0 unspecified atom stereocenters. The molecule has 0 spiro atoms. The Morgan fingerprint density at radius 1 is 1.14 bits per heavy atom. The molecule has 2 aromatic carbocycles. The van der Waals surface area contributed by atoms with Crippen LogP contribution in [-0.2, 0) is 0 Å². The topological polar surface area (TPSA) is 72.5 Å². The molecular weight excluding hydrogens is 287 g/mol. The summed E-state index contributed by atoms with van der Waals surface area (Å²) in [6.07, 6.45) is -4.82. The third-order valence-electron chi connectivity index (χ3n) is 2.71. The zero-order chi connectivity index (χ0) is 15.6. The summed E-state index contributed by atoms with van der Waals surface area (Å²) in [5.41, 5.74) is 5.93. The molecule has 0 aromatic heterocycles. The number of alkyl halides is 3. The molecule has 2 aromatic rings. The monoisotopic (exact) mass is 297 g/mol. The Balaban J connectivity index is 2.47. The molecule has 0 saturated heterocycles. The Morgan fingerprint density at radius 3 is 2.38 bits per heavy atom. The molecule has 0 bridgehead atoms. The van der Waals surface area contributed by atoms with Crippen molar-refractivity contribution in [2.45, 2.75) is 6.36 Å². The maximum Gasteiger partial charge on any atom is 0.573 e. The van der Waals surface area contributed by atoms with Gasteiger partial charge in [0.25, 0.3) is 0 Å². The number of carbonyl (C=O) groups is 1. The van der Waals surface area contributed by atoms with Crippen LogP contribution in [0.1, 0.15) is 10.4 Å². The molecule has 110 valence electrons. The van der Waals surface area contributed by atoms with E-state index in [0.29, 0.717) is 5.56 Å². The van der Waals surface area contributed by atoms with Crippen molar-refractivity contribution in [3.05, 3.63) is 48.0 Å². The minimum Gasteiger partial charge on any atom is -0.478 e. The van der Waals surface area contributed by atoms with E-state index in [0.717, 1.165) is 0 Å². The van der Waals surface area contributed by atoms with Crippen molar-refractivity contribution in [2.24, 2.45) is 0 Å². The highest BCUT2D eigenvalue weighted by Crippen LogP contribution is 2.34. The molecule has 3 N–H and O–H groups in total. The molecule has 2 rings (SSSR count). The van der Waals surface area contributed by atoms with E-state index >= 15 is 0 Å². The molecule has 4 nitrogen and oxygen atoms in total. The van der Waals surface area contributed by atoms with E-state index in [1.54, 1.807) is 6.07 Å². The first kappa shape index (κ1) is 14.7. The first-order chi connectivity index (χ1) is 9.78. The number of aromatic carboxylic acids is 1. The minimum atomic E-state index is -4.82. The van der Waals surface area contributed by atoms with Crippen LogP contribution in [0, 0.1) is 0 Å². The average molecular weight is 297 g/mol. The zero-order valence-electron chi connectivity index (χ0n) is 10.5. The van der Waals surface area contributed by atoms with Crippen LogP contribution in [0.4, 0.5) is 18.9 Å². The van der Waals surface area contributed by atoms with Crippen LogP contribution in [0.15, 0.2) is 42.5 Å². The van der Waals surface area contributed by atoms with Gasteiger partial charge in [-0.25, -0.2) is 4.79 Å². The van der Waals surface area contributed by atoms with Gasteiger partial charge in [0, 0.05) is 11.3 Å². The number of nitrogens with two attached hydrogens (primary N) is 1. The van der Waals surface area contributed by atoms with Crippen molar-refractivity contribution in [2.75, 3.05) is 5.73 Å². The zero-order valence-corrected chi connectivity index (χ0v) is 10.5. The second-order valence-electron chi connectivity index (χ2n) is 4.15. The van der Waals surface area contributed by atoms with Gasteiger partial charge in [-0.1, -0.05) is 24.3 Å². The van der Waals surface area contributed by atoms with Crippen molar-refractivity contribution >= 4 is 11.7 Å². The van der Waals surface area contributed by atoms with Gasteiger partial charge in [0.2, 0.25) is 0 Å². The highest BCUT2D eigenvalue weighted by atomic mass is 19.4. The number of carboxylic acid groups (broad SMARTS) is 1. The fourth-order valence-electron chi connectivity index (χ4n) is 1.84. The number of anilines is 1. The lowest BCUT2D eigenvalue weighted by Crippen LogP contribution is -2.17. The van der Waals surface area contributed by atoms with Gasteiger partial charge < -0.3 is 15.6 Å². The van der Waals surface area contributed by atoms with Crippen molar-refractivity contribution in [3.8, 4) is 16.9 Å². The summed E-state index contributed by atoms with van der Waals surface area (Å²) in [7, 11) is 0. The number of ether oxygens (including phenoxy) is 1. The lowest BCUT2D eigenvalue weighted by Gasteiger charge is -2.14. The van der Waals surface area contributed by atoms with Crippen molar-refractivity contribution in [3.63, 3.8) is 0 Å². The second kappa shape index (κ2) is 5.35. The van der Waals surface area contributed by atoms with E-state index in [1.165, 1.54) is 36.4 Å². The smallest absolute Gasteiger partial charge is 0.478 e. The maximum atomic E-state index is 12.4. The summed E-state index contributed by atoms with van der Waals surface area (Å²) in [6, 6.07) is 9.44. The Kier molecular flexibility index (Phi) is 3.75. The highest BCUT2D eigenvalue weighted by molar-refractivity contribution is 5.95. The van der Waals surface area contributed by atoms with Gasteiger partial charge in [-0.15, -0.1) is 13.2 Å². The molecule has 0 atom stereocenters. The molecule has 21 heavy (non-hydrogen) atoms. The molecule has 7 heteroatoms. The number of para-hydroxylation sites is 1. The summed E-state index contributed by atoms with van der Waals surface area (Å²) in [5, 5.41) is 8.88. The SMILES string of the molecule is Nc1cc(-c2ccccc2OC(F)(F)F)ccc1C(=O)O. The normalized spacial score (nSPS) is 11.2. The van der Waals surface area contributed by atoms with Crippen molar-refractivity contribution in [1.29, 1.82) is 0 Å². The Morgan fingerprint density at radius 2 is 1.81 bits per heavy atom. The molecule has 0 aliphatic rings. The summed E-state index contributed by atoms with van der Waals surface area (Å²) < 4.78 is 41.0. The fourth-order valence-corrected chi connectivity index (χ4v) is 1.84. The summed E-state index contributed by atoms with van der Waals surface area (Å²) >= 11 is 0. The van der Waals surface area contributed by atoms with Crippen LogP contribution >= 0.6 is 0 Å². The summed E-state index contributed by atoms with van der Waals surface area (Å²) in [4.78, 5) is 10.9. The predicted octanol–water partition coefficient (Wildman–Crippen LogP) is 3.53. The van der Waals surface area contributed by atoms with Gasteiger partial charge in [-0.2, -0.15) is 0 Å². The standard InChI is InChI=1S/C14H10F3NO3/c15-14(16,17)21-12-4-2-1-3-9(12)8-5-6-10(13(19)20)11(18)7-8/h1-7H,18H2,(H,19,20). The van der Waals surface area contributed by atoms with Crippen LogP contribution in [0.3, 0.4) is 0 Å². The predicted molar refractivity (Wildman–Crippen MR) is 69.9 cm³/mol. The molecule has 0 fully saturated rings. The second-order valence-corrected chi connectivity index (χ2v) is 4.15. The first-order valence-corrected chi connectivity index (χ1v) is 5.76. The van der Waals surface area contributed by atoms with Gasteiger partial charge in [0.05, 0.1) is 5.56 Å². The Hall–Kier alpha value is -2.70. The molecule has 0 amide bonds. The maximum absolute atomic E-state index is 12.4. The third kappa shape index (κ3) is 3.44. The lowest BCUT2D eigenvalue weighted by atomic mass is 10.0. The Labute approximate surface area is 117 Å². The summed E-state index contributed by atoms with van der Waals surface area (Å²) in [6.45, 7) is 0. The summed E-state index contributed by atoms with van der Waals surface area (Å²) in [5.74, 6) is -1.59. The van der Waals surface area contributed by atoms with Crippen LogP contribution < -0.4 is 10.5 Å². The number of halogens is 3. The average Bonchev–Trinajstić information content (AvgIpc) is 2.36. The third-order valence-corrected chi connectivity index (χ3v) is 2.71. The molecule has 0 aliphatic heterocycles. The van der Waals surface area contributed by atoms with Gasteiger partial charge in [0.15, 0.2) is 0 Å². The molecule has 0 aliphatic carbocycles. The van der Waals surface area contributed by atoms with Gasteiger partial charge in [-0.3, -0.25) is 0 Å². The van der Waals surface area contributed by atoms with Crippen LogP contribution in [0.25, 0.3) is 11.1 Å². The van der Waals surface area contributed by atoms with Gasteiger partial charge >= 0.3 is 12.3 Å². The number of carboxylic acids is 1. The number of hydrogen-bond acceptors (Lipinski definition) is 3. The lowest BCUT2D eigenvalue weighted by molar-refractivity contribution is -0.274. The number of hydrogen-bond donors (Lipinski definition) is 2. The van der Waals surface area contributed by atoms with Crippen LogP contribution in [0.2, 0.25) is 0 Å². The molecular formula is C14H10F3NO3. The van der Waals surface area contributed by atoms with E-state index in [1.807, 2.05) is 0 Å². The first-order valence-electron chi connectivity index (χ1n) is 5.76. The Bertz CT molecular complexity index is 683. The van der Waals surface area contributed by atoms with Gasteiger partial charge in [-0.05, 0) is 23.8 Å².